The van der Waals surface area contributed by atoms with E-state index in [0.717, 1.165) is 12.3 Å². The Bertz CT molecular complexity index is 375. The van der Waals surface area contributed by atoms with Gasteiger partial charge in [0.2, 0.25) is 0 Å². The molecule has 0 aromatic heterocycles. The molecule has 1 saturated heterocycles. The van der Waals surface area contributed by atoms with Crippen LogP contribution in [0, 0.1) is 0 Å². The van der Waals surface area contributed by atoms with Crippen LogP contribution in [-0.2, 0) is 0 Å². The minimum atomic E-state index is 0.383. The van der Waals surface area contributed by atoms with E-state index in [1.807, 2.05) is 6.07 Å². The van der Waals surface area contributed by atoms with Crippen molar-refractivity contribution in [2.24, 2.45) is 0 Å². The molecular formula is C16H26N2O. The van der Waals surface area contributed by atoms with Crippen LogP contribution >= 0.6 is 0 Å². The van der Waals surface area contributed by atoms with Crippen LogP contribution in [0.3, 0.4) is 0 Å². The van der Waals surface area contributed by atoms with Crippen molar-refractivity contribution in [3.05, 3.63) is 29.8 Å². The number of ether oxygens (including phenoxy) is 1. The minimum Gasteiger partial charge on any atom is -0.497 e. The maximum atomic E-state index is 5.26. The first-order valence-corrected chi connectivity index (χ1v) is 7.39. The van der Waals surface area contributed by atoms with Crippen molar-refractivity contribution >= 4 is 0 Å². The van der Waals surface area contributed by atoms with E-state index in [1.54, 1.807) is 7.11 Å². The SMILES string of the molecule is COc1cccc(C(C)NCCCN2CCCC2)c1. The number of methoxy groups -OCH3 is 1. The highest BCUT2D eigenvalue weighted by molar-refractivity contribution is 5.30. The highest BCUT2D eigenvalue weighted by atomic mass is 16.5. The second kappa shape index (κ2) is 7.51. The normalized spacial score (nSPS) is 17.6. The molecule has 1 atom stereocenters. The van der Waals surface area contributed by atoms with Crippen LogP contribution in [0.2, 0.25) is 0 Å². The molecule has 1 aromatic rings. The lowest BCUT2D eigenvalue weighted by molar-refractivity contribution is 0.328. The van der Waals surface area contributed by atoms with Crippen molar-refractivity contribution in [2.75, 3.05) is 33.3 Å². The molecule has 1 aromatic carbocycles. The van der Waals surface area contributed by atoms with Crippen molar-refractivity contribution in [1.29, 1.82) is 0 Å². The lowest BCUT2D eigenvalue weighted by Crippen LogP contribution is -2.26. The predicted octanol–water partition coefficient (Wildman–Crippen LogP) is 2.83. The number of hydrogen-bond donors (Lipinski definition) is 1. The van der Waals surface area contributed by atoms with Gasteiger partial charge in [-0.25, -0.2) is 0 Å². The Morgan fingerprint density at radius 2 is 2.11 bits per heavy atom. The third-order valence-electron chi connectivity index (χ3n) is 3.89. The summed E-state index contributed by atoms with van der Waals surface area (Å²) in [4.78, 5) is 2.57. The van der Waals surface area contributed by atoms with E-state index in [9.17, 15) is 0 Å². The zero-order valence-electron chi connectivity index (χ0n) is 12.2. The van der Waals surface area contributed by atoms with Gasteiger partial charge in [-0.1, -0.05) is 12.1 Å². The molecule has 3 heteroatoms. The average molecular weight is 262 g/mol. The second-order valence-electron chi connectivity index (χ2n) is 5.35. The highest BCUT2D eigenvalue weighted by Crippen LogP contribution is 2.18. The molecule has 0 radical (unpaired) electrons. The first kappa shape index (κ1) is 14.4. The Hall–Kier alpha value is -1.06. The summed E-state index contributed by atoms with van der Waals surface area (Å²) >= 11 is 0. The van der Waals surface area contributed by atoms with Gasteiger partial charge in [0.05, 0.1) is 7.11 Å². The maximum Gasteiger partial charge on any atom is 0.119 e. The predicted molar refractivity (Wildman–Crippen MR) is 79.7 cm³/mol. The Labute approximate surface area is 116 Å². The van der Waals surface area contributed by atoms with Crippen molar-refractivity contribution in [2.45, 2.75) is 32.2 Å². The maximum absolute atomic E-state index is 5.26. The number of likely N-dealkylation sites (tertiary alicyclic amines) is 1. The largest absolute Gasteiger partial charge is 0.497 e. The van der Waals surface area contributed by atoms with E-state index < -0.39 is 0 Å². The molecule has 3 nitrogen and oxygen atoms in total. The molecule has 2 rings (SSSR count). The van der Waals surface area contributed by atoms with E-state index >= 15 is 0 Å². The minimum absolute atomic E-state index is 0.383. The lowest BCUT2D eigenvalue weighted by Gasteiger charge is -2.17. The van der Waals surface area contributed by atoms with Crippen LogP contribution in [0.1, 0.15) is 37.8 Å². The Balaban J connectivity index is 1.69. The molecule has 0 saturated carbocycles. The summed E-state index contributed by atoms with van der Waals surface area (Å²) in [5.41, 5.74) is 1.29. The van der Waals surface area contributed by atoms with Crippen molar-refractivity contribution in [3.63, 3.8) is 0 Å². The molecule has 1 N–H and O–H groups in total. The summed E-state index contributed by atoms with van der Waals surface area (Å²) in [6, 6.07) is 8.69. The van der Waals surface area contributed by atoms with E-state index in [1.165, 1.54) is 44.5 Å². The third-order valence-corrected chi connectivity index (χ3v) is 3.89. The summed E-state index contributed by atoms with van der Waals surface area (Å²) in [5, 5.41) is 3.59. The van der Waals surface area contributed by atoms with Gasteiger partial charge in [-0.15, -0.1) is 0 Å². The quantitative estimate of drug-likeness (QED) is 0.765. The van der Waals surface area contributed by atoms with E-state index in [2.05, 4.69) is 35.3 Å². The fraction of sp³-hybridized carbons (Fsp3) is 0.625. The number of nitrogens with zero attached hydrogens (tertiary/aromatic N) is 1. The fourth-order valence-corrected chi connectivity index (χ4v) is 2.66. The van der Waals surface area contributed by atoms with Gasteiger partial charge in [0.15, 0.2) is 0 Å². The summed E-state index contributed by atoms with van der Waals surface area (Å²) in [6.45, 7) is 7.12. The molecule has 1 aliphatic rings. The summed E-state index contributed by atoms with van der Waals surface area (Å²) in [6.07, 6.45) is 4.00. The van der Waals surface area contributed by atoms with Crippen LogP contribution in [0.25, 0.3) is 0 Å². The molecule has 19 heavy (non-hydrogen) atoms. The van der Waals surface area contributed by atoms with Crippen LogP contribution < -0.4 is 10.1 Å². The molecule has 106 valence electrons. The van der Waals surface area contributed by atoms with Gasteiger partial charge in [-0.05, 0) is 70.1 Å². The van der Waals surface area contributed by atoms with E-state index in [-0.39, 0.29) is 0 Å². The number of benzene rings is 1. The molecule has 0 bridgehead atoms. The molecule has 1 unspecified atom stereocenters. The van der Waals surface area contributed by atoms with E-state index in [0.29, 0.717) is 6.04 Å². The van der Waals surface area contributed by atoms with E-state index in [4.69, 9.17) is 4.74 Å². The molecule has 0 amide bonds. The molecule has 0 spiro atoms. The van der Waals surface area contributed by atoms with Crippen LogP contribution in [0.15, 0.2) is 24.3 Å². The van der Waals surface area contributed by atoms with Crippen LogP contribution in [-0.4, -0.2) is 38.2 Å². The standard InChI is InChI=1S/C16H26N2O/c1-14(15-7-5-8-16(13-15)19-2)17-9-6-12-18-10-3-4-11-18/h5,7-8,13-14,17H,3-4,6,9-12H2,1-2H3. The Morgan fingerprint density at radius 3 is 2.84 bits per heavy atom. The Morgan fingerprint density at radius 1 is 1.32 bits per heavy atom. The highest BCUT2D eigenvalue weighted by Gasteiger charge is 2.11. The summed E-state index contributed by atoms with van der Waals surface area (Å²) < 4.78 is 5.26. The number of nitrogens with one attached hydrogen (secondary N) is 1. The number of rotatable bonds is 7. The molecule has 0 aliphatic carbocycles. The molecule has 1 heterocycles. The summed E-state index contributed by atoms with van der Waals surface area (Å²) in [7, 11) is 1.72. The first-order valence-electron chi connectivity index (χ1n) is 7.39. The van der Waals surface area contributed by atoms with Crippen molar-refractivity contribution in [3.8, 4) is 5.75 Å². The van der Waals surface area contributed by atoms with Crippen LogP contribution in [0.5, 0.6) is 5.75 Å². The molecule has 1 fully saturated rings. The first-order chi connectivity index (χ1) is 9.29. The van der Waals surface area contributed by atoms with Crippen molar-refractivity contribution in [1.82, 2.24) is 10.2 Å². The third kappa shape index (κ3) is 4.51. The molecule has 1 aliphatic heterocycles. The van der Waals surface area contributed by atoms with Gasteiger partial charge in [-0.3, -0.25) is 0 Å². The van der Waals surface area contributed by atoms with Gasteiger partial charge in [0.1, 0.15) is 5.75 Å². The second-order valence-corrected chi connectivity index (χ2v) is 5.35. The van der Waals surface area contributed by atoms with Gasteiger partial charge in [0.25, 0.3) is 0 Å². The molecular weight excluding hydrogens is 236 g/mol. The average Bonchev–Trinajstić information content (AvgIpc) is 2.96. The van der Waals surface area contributed by atoms with Gasteiger partial charge < -0.3 is 15.0 Å². The smallest absolute Gasteiger partial charge is 0.119 e. The number of hydrogen-bond acceptors (Lipinski definition) is 3. The monoisotopic (exact) mass is 262 g/mol. The van der Waals surface area contributed by atoms with Crippen LogP contribution in [0.4, 0.5) is 0 Å². The summed E-state index contributed by atoms with van der Waals surface area (Å²) in [5.74, 6) is 0.934. The lowest BCUT2D eigenvalue weighted by atomic mass is 10.1. The van der Waals surface area contributed by atoms with Crippen molar-refractivity contribution < 1.29 is 4.74 Å². The van der Waals surface area contributed by atoms with Gasteiger partial charge in [-0.2, -0.15) is 0 Å². The van der Waals surface area contributed by atoms with Gasteiger partial charge >= 0.3 is 0 Å². The fourth-order valence-electron chi connectivity index (χ4n) is 2.66. The zero-order chi connectivity index (χ0) is 13.5. The topological polar surface area (TPSA) is 24.5 Å². The Kier molecular flexibility index (Phi) is 5.67. The zero-order valence-corrected chi connectivity index (χ0v) is 12.2. The van der Waals surface area contributed by atoms with Gasteiger partial charge in [0, 0.05) is 6.04 Å².